The van der Waals surface area contributed by atoms with E-state index in [1.807, 2.05) is 65.7 Å². The number of ether oxygens (including phenoxy) is 3. The van der Waals surface area contributed by atoms with Crippen LogP contribution in [-0.2, 0) is 6.54 Å². The average Bonchev–Trinajstić information content (AvgIpc) is 2.77. The van der Waals surface area contributed by atoms with Gasteiger partial charge in [0.1, 0.15) is 0 Å². The van der Waals surface area contributed by atoms with Crippen LogP contribution in [0.3, 0.4) is 0 Å². The fourth-order valence-corrected chi connectivity index (χ4v) is 2.91. The molecule has 0 aromatic heterocycles. The topological polar surface area (TPSA) is 43.3 Å². The Morgan fingerprint density at radius 1 is 0.750 bits per heavy atom. The first-order valence-electron chi connectivity index (χ1n) is 8.96. The summed E-state index contributed by atoms with van der Waals surface area (Å²) in [6, 6.07) is 24.0. The lowest BCUT2D eigenvalue weighted by Gasteiger charge is -2.20. The van der Waals surface area contributed by atoms with Crippen molar-refractivity contribution in [1.82, 2.24) is 0 Å². The van der Waals surface area contributed by atoms with E-state index in [2.05, 4.69) is 12.1 Å². The zero-order chi connectivity index (χ0) is 19.8. The van der Waals surface area contributed by atoms with E-state index in [-0.39, 0.29) is 0 Å². The van der Waals surface area contributed by atoms with Crippen LogP contribution in [0.25, 0.3) is 0 Å². The zero-order valence-electron chi connectivity index (χ0n) is 16.3. The van der Waals surface area contributed by atoms with Crippen LogP contribution in [-0.4, -0.2) is 27.5 Å². The van der Waals surface area contributed by atoms with E-state index < -0.39 is 0 Å². The van der Waals surface area contributed by atoms with E-state index in [0.717, 1.165) is 11.3 Å². The molecule has 28 heavy (non-hydrogen) atoms. The Labute approximate surface area is 165 Å². The van der Waals surface area contributed by atoms with Crippen LogP contribution in [0.15, 0.2) is 77.9 Å². The van der Waals surface area contributed by atoms with Crippen LogP contribution in [0.2, 0.25) is 0 Å². The standard InChI is InChI=1S/C23H24N2O3/c1-26-21-15-14-19(22(27-2)23(21)28-3)16-24-25(20-12-8-5-9-13-20)17-18-10-6-4-7-11-18/h4-16H,17H2,1-3H3/b24-16+. The van der Waals surface area contributed by atoms with Crippen LogP contribution in [0.5, 0.6) is 17.2 Å². The van der Waals surface area contributed by atoms with Crippen molar-refractivity contribution in [3.05, 3.63) is 83.9 Å². The number of hydrogen-bond acceptors (Lipinski definition) is 5. The highest BCUT2D eigenvalue weighted by molar-refractivity contribution is 5.86. The monoisotopic (exact) mass is 376 g/mol. The van der Waals surface area contributed by atoms with Crippen molar-refractivity contribution in [2.24, 2.45) is 5.10 Å². The summed E-state index contributed by atoms with van der Waals surface area (Å²) in [6.07, 6.45) is 1.77. The Morgan fingerprint density at radius 2 is 1.39 bits per heavy atom. The molecule has 0 atom stereocenters. The van der Waals surface area contributed by atoms with Crippen LogP contribution in [0, 0.1) is 0 Å². The highest BCUT2D eigenvalue weighted by Crippen LogP contribution is 2.39. The fraction of sp³-hybridized carbons (Fsp3) is 0.174. The van der Waals surface area contributed by atoms with Gasteiger partial charge in [0.05, 0.1) is 39.8 Å². The van der Waals surface area contributed by atoms with E-state index in [9.17, 15) is 0 Å². The maximum atomic E-state index is 5.55. The molecule has 3 rings (SSSR count). The predicted octanol–water partition coefficient (Wildman–Crippen LogP) is 4.75. The average molecular weight is 376 g/mol. The molecule has 0 saturated heterocycles. The molecule has 0 aliphatic heterocycles. The number of anilines is 1. The lowest BCUT2D eigenvalue weighted by atomic mass is 10.2. The van der Waals surface area contributed by atoms with Gasteiger partial charge in [-0.2, -0.15) is 5.10 Å². The maximum absolute atomic E-state index is 5.55. The highest BCUT2D eigenvalue weighted by atomic mass is 16.5. The lowest BCUT2D eigenvalue weighted by molar-refractivity contribution is 0.324. The quantitative estimate of drug-likeness (QED) is 0.420. The molecule has 0 bridgehead atoms. The number of hydrogen-bond donors (Lipinski definition) is 0. The molecule has 0 aliphatic rings. The molecule has 144 valence electrons. The van der Waals surface area contributed by atoms with Crippen LogP contribution >= 0.6 is 0 Å². The summed E-state index contributed by atoms with van der Waals surface area (Å²) in [6.45, 7) is 0.650. The van der Waals surface area contributed by atoms with Crippen molar-refractivity contribution in [2.75, 3.05) is 26.3 Å². The number of benzene rings is 3. The molecule has 0 fully saturated rings. The Balaban J connectivity index is 1.95. The summed E-state index contributed by atoms with van der Waals surface area (Å²) in [5, 5.41) is 6.68. The molecule has 0 aliphatic carbocycles. The molecule has 0 amide bonds. The van der Waals surface area contributed by atoms with E-state index >= 15 is 0 Å². The molecule has 0 unspecified atom stereocenters. The minimum atomic E-state index is 0.545. The van der Waals surface area contributed by atoms with Crippen LogP contribution in [0.4, 0.5) is 5.69 Å². The van der Waals surface area contributed by atoms with Crippen molar-refractivity contribution >= 4 is 11.9 Å². The van der Waals surface area contributed by atoms with E-state index in [0.29, 0.717) is 23.8 Å². The van der Waals surface area contributed by atoms with E-state index in [4.69, 9.17) is 19.3 Å². The summed E-state index contributed by atoms with van der Waals surface area (Å²) in [4.78, 5) is 0. The summed E-state index contributed by atoms with van der Waals surface area (Å²) in [7, 11) is 4.79. The highest BCUT2D eigenvalue weighted by Gasteiger charge is 2.15. The van der Waals surface area contributed by atoms with Gasteiger partial charge in [-0.3, -0.25) is 5.01 Å². The summed E-state index contributed by atoms with van der Waals surface area (Å²) < 4.78 is 16.4. The normalized spacial score (nSPS) is 10.7. The zero-order valence-corrected chi connectivity index (χ0v) is 16.3. The first-order chi connectivity index (χ1) is 13.8. The Bertz CT molecular complexity index is 912. The summed E-state index contributed by atoms with van der Waals surface area (Å²) in [5.74, 6) is 1.74. The number of methoxy groups -OCH3 is 3. The number of hydrazone groups is 1. The summed E-state index contributed by atoms with van der Waals surface area (Å²) in [5.41, 5.74) is 2.97. The number of para-hydroxylation sites is 1. The molecule has 3 aromatic carbocycles. The van der Waals surface area contributed by atoms with Gasteiger partial charge < -0.3 is 14.2 Å². The van der Waals surface area contributed by atoms with Gasteiger partial charge in [0, 0.05) is 5.56 Å². The third kappa shape index (κ3) is 4.43. The van der Waals surface area contributed by atoms with Gasteiger partial charge in [0.2, 0.25) is 5.75 Å². The van der Waals surface area contributed by atoms with Crippen LogP contribution in [0.1, 0.15) is 11.1 Å². The van der Waals surface area contributed by atoms with E-state index in [1.165, 1.54) is 5.56 Å². The third-order valence-electron chi connectivity index (χ3n) is 4.30. The Morgan fingerprint density at radius 3 is 2.00 bits per heavy atom. The first kappa shape index (κ1) is 19.3. The van der Waals surface area contributed by atoms with Crippen LogP contribution < -0.4 is 19.2 Å². The number of rotatable bonds is 8. The molecule has 0 spiro atoms. The van der Waals surface area contributed by atoms with Crippen molar-refractivity contribution in [3.8, 4) is 17.2 Å². The smallest absolute Gasteiger partial charge is 0.203 e. The molecule has 0 radical (unpaired) electrons. The van der Waals surface area contributed by atoms with Crippen molar-refractivity contribution < 1.29 is 14.2 Å². The lowest BCUT2D eigenvalue weighted by Crippen LogP contribution is -2.16. The Hall–Kier alpha value is -3.47. The molecular formula is C23H24N2O3. The molecule has 0 saturated carbocycles. The van der Waals surface area contributed by atoms with Crippen molar-refractivity contribution in [3.63, 3.8) is 0 Å². The molecule has 5 nitrogen and oxygen atoms in total. The van der Waals surface area contributed by atoms with Gasteiger partial charge in [-0.15, -0.1) is 0 Å². The van der Waals surface area contributed by atoms with Gasteiger partial charge in [0.25, 0.3) is 0 Å². The minimum absolute atomic E-state index is 0.545. The maximum Gasteiger partial charge on any atom is 0.203 e. The third-order valence-corrected chi connectivity index (χ3v) is 4.30. The predicted molar refractivity (Wildman–Crippen MR) is 113 cm³/mol. The SMILES string of the molecule is COc1ccc(/C=N/N(Cc2ccccc2)c2ccccc2)c(OC)c1OC. The molecule has 0 N–H and O–H groups in total. The van der Waals surface area contributed by atoms with Gasteiger partial charge in [0.15, 0.2) is 11.5 Å². The second-order valence-corrected chi connectivity index (χ2v) is 6.05. The molecule has 5 heteroatoms. The molecule has 0 heterocycles. The second kappa shape index (κ2) is 9.46. The van der Waals surface area contributed by atoms with Gasteiger partial charge in [-0.1, -0.05) is 48.5 Å². The number of nitrogens with zero attached hydrogens (tertiary/aromatic N) is 2. The van der Waals surface area contributed by atoms with Gasteiger partial charge in [-0.25, -0.2) is 0 Å². The molecule has 3 aromatic rings. The van der Waals surface area contributed by atoms with Gasteiger partial charge in [-0.05, 0) is 29.8 Å². The second-order valence-electron chi connectivity index (χ2n) is 6.05. The molecular weight excluding hydrogens is 352 g/mol. The summed E-state index contributed by atoms with van der Waals surface area (Å²) >= 11 is 0. The largest absolute Gasteiger partial charge is 0.493 e. The first-order valence-corrected chi connectivity index (χ1v) is 8.96. The minimum Gasteiger partial charge on any atom is -0.493 e. The fourth-order valence-electron chi connectivity index (χ4n) is 2.91. The van der Waals surface area contributed by atoms with Gasteiger partial charge >= 0.3 is 0 Å². The Kier molecular flexibility index (Phi) is 6.52. The van der Waals surface area contributed by atoms with E-state index in [1.54, 1.807) is 27.5 Å². The van der Waals surface area contributed by atoms with Crippen molar-refractivity contribution in [1.29, 1.82) is 0 Å². The van der Waals surface area contributed by atoms with Crippen molar-refractivity contribution in [2.45, 2.75) is 6.54 Å².